The topological polar surface area (TPSA) is 70.1 Å². The van der Waals surface area contributed by atoms with E-state index < -0.39 is 5.92 Å². The van der Waals surface area contributed by atoms with E-state index in [4.69, 9.17) is 28.9 Å². The lowest BCUT2D eigenvalue weighted by atomic mass is 9.68. The smallest absolute Gasteiger partial charge is 0.162 e. The number of halogens is 3. The Hall–Kier alpha value is -2.69. The fraction of sp³-hybridized carbons (Fsp3) is 0.273. The molecular weight excluding hydrogens is 637 g/mol. The van der Waals surface area contributed by atoms with Crippen LogP contribution >= 0.6 is 50.9 Å². The van der Waals surface area contributed by atoms with Crippen LogP contribution in [0.15, 0.2) is 86.6 Å². The van der Waals surface area contributed by atoms with Gasteiger partial charge in [0, 0.05) is 43.5 Å². The number of allylic oxidation sites excluding steroid dienone is 3. The molecule has 0 bridgehead atoms. The summed E-state index contributed by atoms with van der Waals surface area (Å²) in [5.41, 5.74) is 13.5. The molecule has 3 aromatic rings. The summed E-state index contributed by atoms with van der Waals surface area (Å²) in [6.45, 7) is 8.33. The first-order chi connectivity index (χ1) is 19.4. The maximum Gasteiger partial charge on any atom is 0.162 e. The van der Waals surface area contributed by atoms with Gasteiger partial charge in [-0.3, -0.25) is 9.69 Å². The SMILES string of the molecule is Cc1cc(C)c(C2C(C#N)=C(N)N(c3cccc(Br)c3)C3=C2C(=O)CC(C)(C)C3)cc1CSc1cc(Cl)ccc1Cl. The van der Waals surface area contributed by atoms with Gasteiger partial charge in [0.2, 0.25) is 0 Å². The number of thioether (sulfide) groups is 1. The molecule has 3 aromatic carbocycles. The van der Waals surface area contributed by atoms with Crippen molar-refractivity contribution in [2.75, 3.05) is 4.90 Å². The van der Waals surface area contributed by atoms with Gasteiger partial charge >= 0.3 is 0 Å². The molecule has 1 aliphatic carbocycles. The number of nitriles is 1. The molecule has 41 heavy (non-hydrogen) atoms. The molecule has 0 saturated heterocycles. The van der Waals surface area contributed by atoms with Crippen LogP contribution in [0.3, 0.4) is 0 Å². The molecule has 1 heterocycles. The molecule has 210 valence electrons. The molecule has 0 spiro atoms. The van der Waals surface area contributed by atoms with Gasteiger partial charge in [0.05, 0.1) is 22.6 Å². The number of aryl methyl sites for hydroxylation is 2. The third-order valence-corrected chi connectivity index (χ3v) is 10.0. The maximum absolute atomic E-state index is 14.0. The Kier molecular flexibility index (Phi) is 8.38. The number of hydrogen-bond donors (Lipinski definition) is 1. The van der Waals surface area contributed by atoms with Gasteiger partial charge in [0.25, 0.3) is 0 Å². The van der Waals surface area contributed by atoms with Crippen LogP contribution in [0.4, 0.5) is 5.69 Å². The van der Waals surface area contributed by atoms with Crippen molar-refractivity contribution in [2.45, 2.75) is 57.1 Å². The van der Waals surface area contributed by atoms with Crippen LogP contribution in [0.2, 0.25) is 10.0 Å². The van der Waals surface area contributed by atoms with Crippen molar-refractivity contribution < 1.29 is 4.79 Å². The summed E-state index contributed by atoms with van der Waals surface area (Å²) in [5.74, 6) is 0.537. The highest BCUT2D eigenvalue weighted by molar-refractivity contribution is 9.10. The van der Waals surface area contributed by atoms with E-state index >= 15 is 0 Å². The van der Waals surface area contributed by atoms with E-state index in [1.54, 1.807) is 23.9 Å². The van der Waals surface area contributed by atoms with E-state index in [0.29, 0.717) is 45.6 Å². The van der Waals surface area contributed by atoms with Crippen molar-refractivity contribution in [2.24, 2.45) is 11.1 Å². The van der Waals surface area contributed by atoms with Crippen LogP contribution in [-0.2, 0) is 10.5 Å². The van der Waals surface area contributed by atoms with Gasteiger partial charge in [-0.1, -0.05) is 71.2 Å². The third kappa shape index (κ3) is 5.83. The summed E-state index contributed by atoms with van der Waals surface area (Å²) in [6.07, 6.45) is 1.07. The fourth-order valence-electron chi connectivity index (χ4n) is 5.86. The molecule has 8 heteroatoms. The standard InChI is InChI=1S/C33H30BrCl2N3OS/c1-18-10-19(2)24(11-20(18)17-41-29-13-22(35)8-9-26(29)36)30-25(16-37)32(38)39(23-7-5-6-21(34)12-23)27-14-33(3,4)15-28(40)31(27)30/h5-13,30H,14-15,17,38H2,1-4H3. The average Bonchev–Trinajstić information content (AvgIpc) is 2.89. The van der Waals surface area contributed by atoms with E-state index in [1.807, 2.05) is 42.2 Å². The number of anilines is 1. The number of Topliss-reactive ketones (excluding diaryl/α,β-unsaturated/α-hetero) is 1. The summed E-state index contributed by atoms with van der Waals surface area (Å²) in [7, 11) is 0. The molecule has 0 aromatic heterocycles. The first-order valence-corrected chi connectivity index (χ1v) is 15.8. The second-order valence-electron chi connectivity index (χ2n) is 11.5. The van der Waals surface area contributed by atoms with Crippen molar-refractivity contribution in [3.05, 3.63) is 114 Å². The molecule has 2 aliphatic rings. The number of benzene rings is 3. The van der Waals surface area contributed by atoms with E-state index in [2.05, 4.69) is 54.9 Å². The first-order valence-electron chi connectivity index (χ1n) is 13.3. The quantitative estimate of drug-likeness (QED) is 0.275. The van der Waals surface area contributed by atoms with E-state index in [1.165, 1.54) is 0 Å². The van der Waals surface area contributed by atoms with Crippen LogP contribution in [0.5, 0.6) is 0 Å². The second kappa shape index (κ2) is 11.5. The van der Waals surface area contributed by atoms with Gasteiger partial charge < -0.3 is 5.73 Å². The second-order valence-corrected chi connectivity index (χ2v) is 14.2. The summed E-state index contributed by atoms with van der Waals surface area (Å²) in [5, 5.41) is 11.8. The van der Waals surface area contributed by atoms with Crippen LogP contribution < -0.4 is 10.6 Å². The number of carbonyl (C=O) groups is 1. The van der Waals surface area contributed by atoms with Crippen molar-refractivity contribution in [3.8, 4) is 6.07 Å². The maximum atomic E-state index is 14.0. The lowest BCUT2D eigenvalue weighted by Gasteiger charge is -2.44. The zero-order chi connectivity index (χ0) is 29.6. The number of nitrogens with two attached hydrogens (primary N) is 1. The number of rotatable bonds is 5. The normalized spacial score (nSPS) is 18.4. The van der Waals surface area contributed by atoms with Crippen molar-refractivity contribution in [3.63, 3.8) is 0 Å². The van der Waals surface area contributed by atoms with Gasteiger partial charge in [-0.15, -0.1) is 11.8 Å². The van der Waals surface area contributed by atoms with Crippen molar-refractivity contribution >= 4 is 62.4 Å². The van der Waals surface area contributed by atoms with Gasteiger partial charge in [-0.25, -0.2) is 0 Å². The highest BCUT2D eigenvalue weighted by Crippen LogP contribution is 2.51. The minimum absolute atomic E-state index is 0.0584. The molecule has 0 amide bonds. The molecule has 0 fully saturated rings. The van der Waals surface area contributed by atoms with Gasteiger partial charge in [-0.2, -0.15) is 5.26 Å². The molecule has 0 radical (unpaired) electrons. The summed E-state index contributed by atoms with van der Waals surface area (Å²) in [6, 6.07) is 19.9. The molecular formula is C33H30BrCl2N3OS. The largest absolute Gasteiger partial charge is 0.384 e. The zero-order valence-electron chi connectivity index (χ0n) is 23.3. The number of nitrogens with zero attached hydrogens (tertiary/aromatic N) is 2. The monoisotopic (exact) mass is 665 g/mol. The molecule has 1 unspecified atom stereocenters. The molecule has 4 nitrogen and oxygen atoms in total. The fourth-order valence-corrected chi connectivity index (χ4v) is 7.80. The Morgan fingerprint density at radius 2 is 1.85 bits per heavy atom. The Morgan fingerprint density at radius 1 is 1.10 bits per heavy atom. The Bertz CT molecular complexity index is 1690. The molecule has 1 aliphatic heterocycles. The summed E-state index contributed by atoms with van der Waals surface area (Å²) < 4.78 is 0.892. The summed E-state index contributed by atoms with van der Waals surface area (Å²) in [4.78, 5) is 16.8. The number of ketones is 1. The van der Waals surface area contributed by atoms with Gasteiger partial charge in [-0.05, 0) is 84.3 Å². The van der Waals surface area contributed by atoms with Crippen LogP contribution in [0.1, 0.15) is 54.9 Å². The lowest BCUT2D eigenvalue weighted by molar-refractivity contribution is -0.118. The Morgan fingerprint density at radius 3 is 2.56 bits per heavy atom. The first kappa shape index (κ1) is 29.8. The number of carbonyl (C=O) groups excluding carboxylic acids is 1. The van der Waals surface area contributed by atoms with Crippen LogP contribution in [0.25, 0.3) is 0 Å². The van der Waals surface area contributed by atoms with E-state index in [-0.39, 0.29) is 11.2 Å². The zero-order valence-corrected chi connectivity index (χ0v) is 27.2. The minimum Gasteiger partial charge on any atom is -0.384 e. The molecule has 2 N–H and O–H groups in total. The van der Waals surface area contributed by atoms with E-state index in [0.717, 1.165) is 43.0 Å². The lowest BCUT2D eigenvalue weighted by Crippen LogP contribution is -2.42. The predicted molar refractivity (Wildman–Crippen MR) is 173 cm³/mol. The van der Waals surface area contributed by atoms with Gasteiger partial charge in [0.1, 0.15) is 5.82 Å². The van der Waals surface area contributed by atoms with Crippen LogP contribution in [0, 0.1) is 30.6 Å². The Labute approximate surface area is 264 Å². The third-order valence-electron chi connectivity index (χ3n) is 7.76. The van der Waals surface area contributed by atoms with E-state index in [9.17, 15) is 10.1 Å². The number of hydrogen-bond acceptors (Lipinski definition) is 5. The molecule has 0 saturated carbocycles. The van der Waals surface area contributed by atoms with Crippen molar-refractivity contribution in [1.29, 1.82) is 5.26 Å². The van der Waals surface area contributed by atoms with Crippen LogP contribution in [-0.4, -0.2) is 5.78 Å². The summed E-state index contributed by atoms with van der Waals surface area (Å²) >= 11 is 17.8. The Balaban J connectivity index is 1.66. The minimum atomic E-state index is -0.541. The van der Waals surface area contributed by atoms with Gasteiger partial charge in [0.15, 0.2) is 5.78 Å². The average molecular weight is 668 g/mol. The molecule has 5 rings (SSSR count). The van der Waals surface area contributed by atoms with Crippen molar-refractivity contribution in [1.82, 2.24) is 0 Å². The molecule has 1 atom stereocenters. The predicted octanol–water partition coefficient (Wildman–Crippen LogP) is 9.61. The highest BCUT2D eigenvalue weighted by atomic mass is 79.9. The highest BCUT2D eigenvalue weighted by Gasteiger charge is 2.45.